The summed E-state index contributed by atoms with van der Waals surface area (Å²) in [6, 6.07) is 7.12. The topological polar surface area (TPSA) is 91.8 Å². The number of carbonyl (C=O) groups is 2. The number of ether oxygens (including phenoxy) is 1. The van der Waals surface area contributed by atoms with E-state index in [1.54, 1.807) is 4.90 Å². The number of aryl methyl sites for hydroxylation is 1. The molecule has 0 aliphatic carbocycles. The lowest BCUT2D eigenvalue weighted by Crippen LogP contribution is -2.48. The Balaban J connectivity index is 1.62. The van der Waals surface area contributed by atoms with Gasteiger partial charge in [-0.3, -0.25) is 14.5 Å². The van der Waals surface area contributed by atoms with Gasteiger partial charge in [-0.15, -0.1) is 11.3 Å². The molecule has 1 aromatic heterocycles. The zero-order valence-electron chi connectivity index (χ0n) is 14.5. The van der Waals surface area contributed by atoms with E-state index in [1.165, 1.54) is 16.9 Å². The first-order valence-corrected chi connectivity index (χ1v) is 9.28. The van der Waals surface area contributed by atoms with Gasteiger partial charge in [0, 0.05) is 24.0 Å². The van der Waals surface area contributed by atoms with Crippen molar-refractivity contribution >= 4 is 28.3 Å². The number of nitrogens with one attached hydrogen (secondary N) is 1. The van der Waals surface area contributed by atoms with Crippen molar-refractivity contribution in [3.05, 3.63) is 35.2 Å². The number of benzene rings is 1. The van der Waals surface area contributed by atoms with Crippen LogP contribution < -0.4 is 5.32 Å². The summed E-state index contributed by atoms with van der Waals surface area (Å²) in [5.74, 6) is -1.35. The molecule has 0 saturated carbocycles. The monoisotopic (exact) mass is 375 g/mol. The van der Waals surface area contributed by atoms with Gasteiger partial charge in [0.1, 0.15) is 6.04 Å². The molecule has 7 nitrogen and oxygen atoms in total. The summed E-state index contributed by atoms with van der Waals surface area (Å²) in [6.07, 6.45) is -0.116. The van der Waals surface area contributed by atoms with Crippen molar-refractivity contribution in [1.82, 2.24) is 9.88 Å². The van der Waals surface area contributed by atoms with Crippen molar-refractivity contribution in [3.8, 4) is 11.3 Å². The van der Waals surface area contributed by atoms with Gasteiger partial charge in [-0.2, -0.15) is 0 Å². The van der Waals surface area contributed by atoms with Gasteiger partial charge in [0.25, 0.3) is 0 Å². The molecule has 0 bridgehead atoms. The molecule has 3 rings (SSSR count). The predicted octanol–water partition coefficient (Wildman–Crippen LogP) is 2.23. The summed E-state index contributed by atoms with van der Waals surface area (Å²) >= 11 is 1.32. The molecule has 1 aromatic carbocycles. The highest BCUT2D eigenvalue weighted by atomic mass is 32.1. The Bertz CT molecular complexity index is 769. The van der Waals surface area contributed by atoms with Gasteiger partial charge in [-0.1, -0.05) is 29.8 Å². The Morgan fingerprint density at radius 2 is 2.00 bits per heavy atom. The van der Waals surface area contributed by atoms with Crippen LogP contribution in [-0.4, -0.2) is 59.2 Å². The third-order valence-corrected chi connectivity index (χ3v) is 5.01. The SMILES string of the molecule is Cc1ccc(-c2csc(NC(=O)CC(C(=O)O)N3CCOCC3)n2)cc1. The lowest BCUT2D eigenvalue weighted by Gasteiger charge is -2.31. The first-order valence-electron chi connectivity index (χ1n) is 8.40. The van der Waals surface area contributed by atoms with Crippen molar-refractivity contribution in [2.24, 2.45) is 0 Å². The van der Waals surface area contributed by atoms with Gasteiger partial charge in [0.15, 0.2) is 5.13 Å². The normalized spacial score (nSPS) is 16.2. The second kappa shape index (κ2) is 8.39. The quantitative estimate of drug-likeness (QED) is 0.804. The number of aromatic nitrogens is 1. The number of amides is 1. The maximum absolute atomic E-state index is 12.3. The van der Waals surface area contributed by atoms with Gasteiger partial charge in [-0.05, 0) is 6.92 Å². The Kier molecular flexibility index (Phi) is 5.97. The van der Waals surface area contributed by atoms with Crippen LogP contribution in [-0.2, 0) is 14.3 Å². The third kappa shape index (κ3) is 4.66. The van der Waals surface area contributed by atoms with Gasteiger partial charge in [-0.25, -0.2) is 4.98 Å². The molecule has 0 spiro atoms. The Hall–Kier alpha value is -2.29. The van der Waals surface area contributed by atoms with E-state index in [1.807, 2.05) is 36.6 Å². The largest absolute Gasteiger partial charge is 0.480 e. The molecule has 1 amide bonds. The molecule has 1 aliphatic rings. The summed E-state index contributed by atoms with van der Waals surface area (Å²) in [6.45, 7) is 4.01. The van der Waals surface area contributed by atoms with Crippen LogP contribution in [0.4, 0.5) is 5.13 Å². The fraction of sp³-hybridized carbons (Fsp3) is 0.389. The Morgan fingerprint density at radius 3 is 2.65 bits per heavy atom. The number of morpholine rings is 1. The molecule has 2 aromatic rings. The second-order valence-electron chi connectivity index (χ2n) is 6.16. The van der Waals surface area contributed by atoms with Crippen LogP contribution in [0.1, 0.15) is 12.0 Å². The van der Waals surface area contributed by atoms with Crippen LogP contribution in [0.25, 0.3) is 11.3 Å². The fourth-order valence-corrected chi connectivity index (χ4v) is 3.53. The van der Waals surface area contributed by atoms with Crippen LogP contribution in [0.5, 0.6) is 0 Å². The minimum Gasteiger partial charge on any atom is -0.480 e. The number of carboxylic acids is 1. The van der Waals surface area contributed by atoms with Crippen molar-refractivity contribution in [2.45, 2.75) is 19.4 Å². The number of aliphatic carboxylic acids is 1. The molecular formula is C18H21N3O4S. The van der Waals surface area contributed by atoms with Crippen LogP contribution >= 0.6 is 11.3 Å². The number of carboxylic acid groups (broad SMARTS) is 1. The molecule has 1 aliphatic heterocycles. The van der Waals surface area contributed by atoms with Crippen molar-refractivity contribution in [3.63, 3.8) is 0 Å². The second-order valence-corrected chi connectivity index (χ2v) is 7.02. The minimum atomic E-state index is -0.999. The molecule has 138 valence electrons. The molecule has 1 saturated heterocycles. The number of carbonyl (C=O) groups excluding carboxylic acids is 1. The van der Waals surface area contributed by atoms with Gasteiger partial charge in [0.05, 0.1) is 25.3 Å². The van der Waals surface area contributed by atoms with E-state index in [-0.39, 0.29) is 12.3 Å². The highest BCUT2D eigenvalue weighted by Crippen LogP contribution is 2.25. The molecule has 2 N–H and O–H groups in total. The molecule has 2 heterocycles. The average molecular weight is 375 g/mol. The Morgan fingerprint density at radius 1 is 1.31 bits per heavy atom. The smallest absolute Gasteiger partial charge is 0.321 e. The molecule has 1 unspecified atom stereocenters. The average Bonchev–Trinajstić information content (AvgIpc) is 3.09. The van der Waals surface area contributed by atoms with Gasteiger partial charge >= 0.3 is 5.97 Å². The molecule has 8 heteroatoms. The van der Waals surface area contributed by atoms with Crippen LogP contribution in [0, 0.1) is 6.92 Å². The standard InChI is InChI=1S/C18H21N3O4S/c1-12-2-4-13(5-3-12)14-11-26-18(19-14)20-16(22)10-15(17(23)24)21-6-8-25-9-7-21/h2-5,11,15H,6-10H2,1H3,(H,23,24)(H,19,20,22). The zero-order valence-corrected chi connectivity index (χ0v) is 15.3. The minimum absolute atomic E-state index is 0.116. The van der Waals surface area contributed by atoms with Crippen molar-refractivity contribution < 1.29 is 19.4 Å². The van der Waals surface area contributed by atoms with Crippen LogP contribution in [0.2, 0.25) is 0 Å². The number of anilines is 1. The zero-order chi connectivity index (χ0) is 18.5. The van der Waals surface area contributed by atoms with E-state index in [9.17, 15) is 14.7 Å². The summed E-state index contributed by atoms with van der Waals surface area (Å²) in [4.78, 5) is 30.0. The van der Waals surface area contributed by atoms with Gasteiger partial charge < -0.3 is 15.2 Å². The first-order chi connectivity index (χ1) is 12.5. The summed E-state index contributed by atoms with van der Waals surface area (Å²) < 4.78 is 5.24. The summed E-state index contributed by atoms with van der Waals surface area (Å²) in [5, 5.41) is 14.5. The van der Waals surface area contributed by atoms with E-state index in [2.05, 4.69) is 10.3 Å². The molecular weight excluding hydrogens is 354 g/mol. The van der Waals surface area contributed by atoms with Crippen LogP contribution in [0.3, 0.4) is 0 Å². The highest BCUT2D eigenvalue weighted by molar-refractivity contribution is 7.14. The highest BCUT2D eigenvalue weighted by Gasteiger charge is 2.29. The molecule has 26 heavy (non-hydrogen) atoms. The Labute approximate surface area is 155 Å². The first kappa shape index (κ1) is 18.5. The lowest BCUT2D eigenvalue weighted by atomic mass is 10.1. The van der Waals surface area contributed by atoms with E-state index in [0.29, 0.717) is 31.4 Å². The molecule has 1 atom stereocenters. The van der Waals surface area contributed by atoms with Crippen molar-refractivity contribution in [1.29, 1.82) is 0 Å². The molecule has 1 fully saturated rings. The number of thiazole rings is 1. The van der Waals surface area contributed by atoms with E-state index < -0.39 is 12.0 Å². The van der Waals surface area contributed by atoms with E-state index >= 15 is 0 Å². The number of nitrogens with zero attached hydrogens (tertiary/aromatic N) is 2. The summed E-state index contributed by atoms with van der Waals surface area (Å²) in [5.41, 5.74) is 2.93. The van der Waals surface area contributed by atoms with E-state index in [0.717, 1.165) is 11.3 Å². The van der Waals surface area contributed by atoms with Crippen LogP contribution in [0.15, 0.2) is 29.6 Å². The third-order valence-electron chi connectivity index (χ3n) is 4.25. The number of hydrogen-bond donors (Lipinski definition) is 2. The lowest BCUT2D eigenvalue weighted by molar-refractivity contribution is -0.147. The maximum atomic E-state index is 12.3. The number of rotatable bonds is 6. The van der Waals surface area contributed by atoms with Gasteiger partial charge in [0.2, 0.25) is 5.91 Å². The molecule has 0 radical (unpaired) electrons. The maximum Gasteiger partial charge on any atom is 0.321 e. The summed E-state index contributed by atoms with van der Waals surface area (Å²) in [7, 11) is 0. The number of hydrogen-bond acceptors (Lipinski definition) is 6. The van der Waals surface area contributed by atoms with Crippen molar-refractivity contribution in [2.75, 3.05) is 31.6 Å². The van der Waals surface area contributed by atoms with E-state index in [4.69, 9.17) is 4.74 Å². The fourth-order valence-electron chi connectivity index (χ4n) is 2.80. The predicted molar refractivity (Wildman–Crippen MR) is 99.3 cm³/mol.